The van der Waals surface area contributed by atoms with E-state index in [1.807, 2.05) is 12.1 Å². The summed E-state index contributed by atoms with van der Waals surface area (Å²) in [5.41, 5.74) is 1.93. The summed E-state index contributed by atoms with van der Waals surface area (Å²) >= 11 is 5.93. The number of furan rings is 1. The Labute approximate surface area is 172 Å². The van der Waals surface area contributed by atoms with E-state index in [9.17, 15) is 14.4 Å². The molecule has 0 aliphatic heterocycles. The van der Waals surface area contributed by atoms with Crippen LogP contribution in [0.1, 0.15) is 40.3 Å². The van der Waals surface area contributed by atoms with Gasteiger partial charge in [0.05, 0.1) is 0 Å². The third kappa shape index (κ3) is 5.23. The third-order valence-corrected chi connectivity index (χ3v) is 4.59. The smallest absolute Gasteiger partial charge is 0.374 e. The second-order valence-electron chi connectivity index (χ2n) is 6.63. The number of carbonyl (C=O) groups excluding carboxylic acids is 3. The first-order valence-electron chi connectivity index (χ1n) is 9.11. The molecule has 150 valence electrons. The van der Waals surface area contributed by atoms with E-state index in [2.05, 4.69) is 5.32 Å². The molecule has 29 heavy (non-hydrogen) atoms. The van der Waals surface area contributed by atoms with Crippen LogP contribution in [0.15, 0.2) is 52.9 Å². The van der Waals surface area contributed by atoms with Gasteiger partial charge in [-0.3, -0.25) is 9.59 Å². The lowest BCUT2D eigenvalue weighted by molar-refractivity contribution is -0.118. The highest BCUT2D eigenvalue weighted by Crippen LogP contribution is 2.24. The minimum Gasteiger partial charge on any atom is -0.449 e. The van der Waals surface area contributed by atoms with Crippen molar-refractivity contribution in [1.82, 2.24) is 5.32 Å². The zero-order valence-corrected chi connectivity index (χ0v) is 16.8. The molecule has 3 aromatic rings. The van der Waals surface area contributed by atoms with Crippen LogP contribution < -0.4 is 5.32 Å². The molecule has 3 rings (SSSR count). The monoisotopic (exact) mass is 413 g/mol. The summed E-state index contributed by atoms with van der Waals surface area (Å²) in [7, 11) is 0. The van der Waals surface area contributed by atoms with Crippen LogP contribution in [0.3, 0.4) is 0 Å². The maximum atomic E-state index is 12.6. The number of fused-ring (bicyclic) bond motifs is 1. The quantitative estimate of drug-likeness (QED) is 0.463. The van der Waals surface area contributed by atoms with Crippen molar-refractivity contribution in [1.29, 1.82) is 0 Å². The SMILES string of the molecule is CC(=O)NCCc1ccc(C(=O)[C@H](C)OC(=O)c2cc3cc(Cl)ccc3o2)cc1. The van der Waals surface area contributed by atoms with Crippen molar-refractivity contribution in [3.05, 3.63) is 70.4 Å². The summed E-state index contributed by atoms with van der Waals surface area (Å²) in [4.78, 5) is 35.8. The van der Waals surface area contributed by atoms with Gasteiger partial charge >= 0.3 is 5.97 Å². The molecule has 1 atom stereocenters. The normalized spacial score (nSPS) is 11.8. The van der Waals surface area contributed by atoms with Crippen LogP contribution >= 0.6 is 11.6 Å². The van der Waals surface area contributed by atoms with Gasteiger partial charge in [0.15, 0.2) is 6.10 Å². The summed E-state index contributed by atoms with van der Waals surface area (Å²) in [6.07, 6.45) is -0.307. The molecule has 0 unspecified atom stereocenters. The van der Waals surface area contributed by atoms with Gasteiger partial charge in [0.1, 0.15) is 5.58 Å². The molecular formula is C22H20ClNO5. The number of carbonyl (C=O) groups is 3. The maximum Gasteiger partial charge on any atom is 0.374 e. The Morgan fingerprint density at radius 1 is 1.10 bits per heavy atom. The van der Waals surface area contributed by atoms with E-state index in [1.54, 1.807) is 30.3 Å². The first kappa shape index (κ1) is 20.6. The molecule has 1 N–H and O–H groups in total. The fraction of sp³-hybridized carbons (Fsp3) is 0.227. The second kappa shape index (κ2) is 8.92. The van der Waals surface area contributed by atoms with Crippen LogP contribution in [-0.4, -0.2) is 30.3 Å². The van der Waals surface area contributed by atoms with Crippen LogP contribution in [0.4, 0.5) is 0 Å². The van der Waals surface area contributed by atoms with E-state index in [0.29, 0.717) is 34.5 Å². The number of ketones is 1. The van der Waals surface area contributed by atoms with E-state index in [-0.39, 0.29) is 17.5 Å². The van der Waals surface area contributed by atoms with Crippen molar-refractivity contribution in [3.63, 3.8) is 0 Å². The largest absolute Gasteiger partial charge is 0.449 e. The fourth-order valence-electron chi connectivity index (χ4n) is 2.84. The Kier molecular flexibility index (Phi) is 6.34. The van der Waals surface area contributed by atoms with E-state index >= 15 is 0 Å². The number of Topliss-reactive ketones (excluding diaryl/α,β-unsaturated/α-hetero) is 1. The third-order valence-electron chi connectivity index (χ3n) is 4.36. The number of benzene rings is 2. The lowest BCUT2D eigenvalue weighted by Crippen LogP contribution is -2.24. The van der Waals surface area contributed by atoms with Gasteiger partial charge in [0.2, 0.25) is 17.5 Å². The second-order valence-corrected chi connectivity index (χ2v) is 7.07. The molecule has 0 bridgehead atoms. The van der Waals surface area contributed by atoms with E-state index < -0.39 is 12.1 Å². The highest BCUT2D eigenvalue weighted by atomic mass is 35.5. The number of rotatable bonds is 7. The van der Waals surface area contributed by atoms with Crippen LogP contribution in [0, 0.1) is 0 Å². The Morgan fingerprint density at radius 2 is 1.83 bits per heavy atom. The topological polar surface area (TPSA) is 85.6 Å². The summed E-state index contributed by atoms with van der Waals surface area (Å²) in [6.45, 7) is 3.51. The predicted octanol–water partition coefficient (Wildman–Crippen LogP) is 4.19. The molecule has 1 aromatic heterocycles. The summed E-state index contributed by atoms with van der Waals surface area (Å²) in [5.74, 6) is -1.11. The summed E-state index contributed by atoms with van der Waals surface area (Å²) in [6, 6.07) is 13.5. The number of esters is 1. The van der Waals surface area contributed by atoms with E-state index in [0.717, 1.165) is 5.56 Å². The lowest BCUT2D eigenvalue weighted by Gasteiger charge is -2.11. The molecule has 1 heterocycles. The number of hydrogen-bond donors (Lipinski definition) is 1. The Bertz CT molecular complexity index is 1050. The molecule has 0 saturated heterocycles. The molecule has 0 radical (unpaired) electrons. The molecule has 0 spiro atoms. The maximum absolute atomic E-state index is 12.6. The Balaban J connectivity index is 1.61. The molecule has 7 heteroatoms. The predicted molar refractivity (Wildman–Crippen MR) is 109 cm³/mol. The van der Waals surface area contributed by atoms with Crippen molar-refractivity contribution in [3.8, 4) is 0 Å². The number of halogens is 1. The van der Waals surface area contributed by atoms with E-state index in [4.69, 9.17) is 20.8 Å². The van der Waals surface area contributed by atoms with Crippen LogP contribution in [0.5, 0.6) is 0 Å². The number of hydrogen-bond acceptors (Lipinski definition) is 5. The zero-order chi connectivity index (χ0) is 21.0. The van der Waals surface area contributed by atoms with Gasteiger partial charge in [-0.2, -0.15) is 0 Å². The van der Waals surface area contributed by atoms with Crippen molar-refractivity contribution in [2.24, 2.45) is 0 Å². The zero-order valence-electron chi connectivity index (χ0n) is 16.0. The van der Waals surface area contributed by atoms with Crippen molar-refractivity contribution in [2.45, 2.75) is 26.4 Å². The number of amides is 1. The minimum atomic E-state index is -0.968. The number of nitrogens with one attached hydrogen (secondary N) is 1. The van der Waals surface area contributed by atoms with E-state index in [1.165, 1.54) is 19.9 Å². The first-order chi connectivity index (χ1) is 13.8. The molecule has 0 aliphatic rings. The van der Waals surface area contributed by atoms with Crippen LogP contribution in [0.2, 0.25) is 5.02 Å². The van der Waals surface area contributed by atoms with Crippen molar-refractivity contribution >= 4 is 40.2 Å². The van der Waals surface area contributed by atoms with Gasteiger partial charge in [-0.15, -0.1) is 0 Å². The van der Waals surface area contributed by atoms with Crippen molar-refractivity contribution in [2.75, 3.05) is 6.54 Å². The molecule has 1 amide bonds. The molecule has 0 aliphatic carbocycles. The summed E-state index contributed by atoms with van der Waals surface area (Å²) in [5, 5.41) is 3.93. The average Bonchev–Trinajstić information content (AvgIpc) is 3.11. The van der Waals surface area contributed by atoms with Gasteiger partial charge in [-0.1, -0.05) is 35.9 Å². The Morgan fingerprint density at radius 3 is 2.52 bits per heavy atom. The van der Waals surface area contributed by atoms with Gasteiger partial charge in [-0.25, -0.2) is 4.79 Å². The average molecular weight is 414 g/mol. The first-order valence-corrected chi connectivity index (χ1v) is 9.49. The molecule has 0 saturated carbocycles. The summed E-state index contributed by atoms with van der Waals surface area (Å²) < 4.78 is 10.7. The van der Waals surface area contributed by atoms with Crippen LogP contribution in [-0.2, 0) is 16.0 Å². The van der Waals surface area contributed by atoms with Gasteiger partial charge in [-0.05, 0) is 43.2 Å². The van der Waals surface area contributed by atoms with Crippen molar-refractivity contribution < 1.29 is 23.5 Å². The minimum absolute atomic E-state index is 0.00948. The molecule has 2 aromatic carbocycles. The van der Waals surface area contributed by atoms with Gasteiger partial charge in [0.25, 0.3) is 0 Å². The highest BCUT2D eigenvalue weighted by Gasteiger charge is 2.22. The molecule has 6 nitrogen and oxygen atoms in total. The number of ether oxygens (including phenoxy) is 1. The Hall–Kier alpha value is -3.12. The lowest BCUT2D eigenvalue weighted by atomic mass is 10.0. The highest BCUT2D eigenvalue weighted by molar-refractivity contribution is 6.31. The molecule has 0 fully saturated rings. The van der Waals surface area contributed by atoms with Gasteiger partial charge < -0.3 is 14.5 Å². The molecular weight excluding hydrogens is 394 g/mol. The fourth-order valence-corrected chi connectivity index (χ4v) is 3.02. The van der Waals surface area contributed by atoms with Gasteiger partial charge in [0, 0.05) is 29.4 Å². The standard InChI is InChI=1S/C22H20ClNO5/c1-13(21(26)16-5-3-15(4-6-16)9-10-24-14(2)25)28-22(27)20-12-17-11-18(23)7-8-19(17)29-20/h3-8,11-13H,9-10H2,1-2H3,(H,24,25)/t13-/m0/s1. The van der Waals surface area contributed by atoms with Crippen LogP contribution in [0.25, 0.3) is 11.0 Å².